The summed E-state index contributed by atoms with van der Waals surface area (Å²) in [6.45, 7) is 1.53. The molecular formula is C22H22N6O4S. The van der Waals surface area contributed by atoms with E-state index in [4.69, 9.17) is 15.5 Å². The van der Waals surface area contributed by atoms with Crippen molar-refractivity contribution >= 4 is 32.9 Å². The molecule has 1 saturated heterocycles. The summed E-state index contributed by atoms with van der Waals surface area (Å²) in [5.74, 6) is 0.927. The van der Waals surface area contributed by atoms with Crippen molar-refractivity contribution in [3.05, 3.63) is 54.4 Å². The molecule has 5 rings (SSSR count). The van der Waals surface area contributed by atoms with Crippen LogP contribution in [0.4, 0.5) is 17.2 Å². The lowest BCUT2D eigenvalue weighted by Crippen LogP contribution is -2.58. The Labute approximate surface area is 191 Å². The number of hydrogen-bond acceptors (Lipinski definition) is 9. The summed E-state index contributed by atoms with van der Waals surface area (Å²) in [5, 5.41) is 0. The maximum atomic E-state index is 13.4. The molecule has 11 heteroatoms. The fraction of sp³-hybridized carbons (Fsp3) is 0.273. The molecule has 1 amide bonds. The van der Waals surface area contributed by atoms with E-state index in [0.29, 0.717) is 41.9 Å². The molecular weight excluding hydrogens is 444 g/mol. The van der Waals surface area contributed by atoms with Crippen molar-refractivity contribution in [1.82, 2.24) is 15.0 Å². The van der Waals surface area contributed by atoms with Crippen molar-refractivity contribution in [2.45, 2.75) is 17.5 Å². The van der Waals surface area contributed by atoms with Gasteiger partial charge in [0.1, 0.15) is 17.4 Å². The molecule has 0 spiro atoms. The van der Waals surface area contributed by atoms with E-state index in [2.05, 4.69) is 9.97 Å². The first-order valence-corrected chi connectivity index (χ1v) is 12.2. The maximum absolute atomic E-state index is 13.4. The van der Waals surface area contributed by atoms with Gasteiger partial charge in [0.15, 0.2) is 21.5 Å². The maximum Gasteiger partial charge on any atom is 0.252 e. The van der Waals surface area contributed by atoms with Gasteiger partial charge in [0, 0.05) is 24.7 Å². The number of morpholine rings is 1. The number of hydrogen-bond donors (Lipinski definition) is 1. The lowest BCUT2D eigenvalue weighted by atomic mass is 10.1. The highest BCUT2D eigenvalue weighted by Gasteiger charge is 2.41. The fourth-order valence-corrected chi connectivity index (χ4v) is 4.64. The molecule has 3 aromatic rings. The zero-order valence-corrected chi connectivity index (χ0v) is 18.7. The van der Waals surface area contributed by atoms with Crippen LogP contribution in [-0.4, -0.2) is 61.3 Å². The van der Waals surface area contributed by atoms with Crippen LogP contribution in [0, 0.1) is 0 Å². The number of sulfone groups is 1. The SMILES string of the molecule is CS(=O)(=O)c1ccc(CN2C(=O)C3COCCN3c3nc(-c4cc(N)ccn4)ncc32)cc1. The number of aromatic nitrogens is 3. The van der Waals surface area contributed by atoms with Gasteiger partial charge in [-0.15, -0.1) is 0 Å². The van der Waals surface area contributed by atoms with Gasteiger partial charge in [-0.2, -0.15) is 0 Å². The number of benzene rings is 1. The number of anilines is 3. The van der Waals surface area contributed by atoms with E-state index in [1.54, 1.807) is 53.7 Å². The second-order valence-corrected chi connectivity index (χ2v) is 10.0. The van der Waals surface area contributed by atoms with E-state index in [1.165, 1.54) is 0 Å². The van der Waals surface area contributed by atoms with E-state index in [9.17, 15) is 13.2 Å². The summed E-state index contributed by atoms with van der Waals surface area (Å²) in [5.41, 5.74) is 8.36. The fourth-order valence-electron chi connectivity index (χ4n) is 4.01. The van der Waals surface area contributed by atoms with Crippen LogP contribution in [0.2, 0.25) is 0 Å². The first kappa shape index (κ1) is 21.3. The minimum Gasteiger partial charge on any atom is -0.399 e. The van der Waals surface area contributed by atoms with Crippen LogP contribution in [0.1, 0.15) is 5.56 Å². The number of amides is 1. The van der Waals surface area contributed by atoms with E-state index in [-0.39, 0.29) is 24.0 Å². The molecule has 4 heterocycles. The minimum absolute atomic E-state index is 0.118. The summed E-state index contributed by atoms with van der Waals surface area (Å²) in [7, 11) is -3.30. The Morgan fingerprint density at radius 1 is 1.18 bits per heavy atom. The Bertz CT molecular complexity index is 1330. The van der Waals surface area contributed by atoms with Crippen LogP contribution < -0.4 is 15.5 Å². The topological polar surface area (TPSA) is 132 Å². The smallest absolute Gasteiger partial charge is 0.252 e. The molecule has 2 aromatic heterocycles. The molecule has 2 aliphatic rings. The van der Waals surface area contributed by atoms with Crippen LogP contribution >= 0.6 is 0 Å². The lowest BCUT2D eigenvalue weighted by Gasteiger charge is -2.43. The zero-order chi connectivity index (χ0) is 23.2. The molecule has 0 saturated carbocycles. The number of pyridine rings is 1. The molecule has 1 unspecified atom stereocenters. The third-order valence-corrected chi connectivity index (χ3v) is 6.83. The highest BCUT2D eigenvalue weighted by molar-refractivity contribution is 7.90. The van der Waals surface area contributed by atoms with Crippen molar-refractivity contribution in [2.75, 3.05) is 41.5 Å². The molecule has 1 fully saturated rings. The van der Waals surface area contributed by atoms with Gasteiger partial charge in [-0.1, -0.05) is 12.1 Å². The number of ether oxygens (including phenoxy) is 1. The van der Waals surface area contributed by atoms with Gasteiger partial charge in [0.2, 0.25) is 0 Å². The molecule has 2 N–H and O–H groups in total. The standard InChI is InChI=1S/C22H22N6O4S/c1-33(30,31)16-4-2-14(3-5-16)12-28-18-11-25-20(17-10-15(23)6-7-24-17)26-21(18)27-8-9-32-13-19(27)22(28)29/h2-7,10-11,19H,8-9,12-13H2,1H3,(H2,23,24). The van der Waals surface area contributed by atoms with E-state index >= 15 is 0 Å². The predicted octanol–water partition coefficient (Wildman–Crippen LogP) is 1.28. The third kappa shape index (κ3) is 4.00. The number of nitrogens with two attached hydrogens (primary N) is 1. The highest BCUT2D eigenvalue weighted by Crippen LogP contribution is 2.37. The summed E-state index contributed by atoms with van der Waals surface area (Å²) < 4.78 is 29.1. The number of nitrogen functional groups attached to an aromatic ring is 1. The Morgan fingerprint density at radius 3 is 2.70 bits per heavy atom. The van der Waals surface area contributed by atoms with E-state index in [1.807, 2.05) is 4.90 Å². The molecule has 33 heavy (non-hydrogen) atoms. The second-order valence-electron chi connectivity index (χ2n) is 8.00. The number of nitrogens with zero attached hydrogens (tertiary/aromatic N) is 5. The average Bonchev–Trinajstić information content (AvgIpc) is 2.81. The van der Waals surface area contributed by atoms with Crippen molar-refractivity contribution in [3.63, 3.8) is 0 Å². The largest absolute Gasteiger partial charge is 0.399 e. The second kappa shape index (κ2) is 8.09. The Kier molecular flexibility index (Phi) is 5.22. The lowest BCUT2D eigenvalue weighted by molar-refractivity contribution is -0.122. The summed E-state index contributed by atoms with van der Waals surface area (Å²) in [6, 6.07) is 9.39. The zero-order valence-electron chi connectivity index (χ0n) is 17.9. The molecule has 10 nitrogen and oxygen atoms in total. The van der Waals surface area contributed by atoms with Crippen LogP contribution in [0.5, 0.6) is 0 Å². The van der Waals surface area contributed by atoms with Crippen molar-refractivity contribution in [1.29, 1.82) is 0 Å². The normalized spacial score (nSPS) is 18.1. The Balaban J connectivity index is 1.55. The minimum atomic E-state index is -3.30. The van der Waals surface area contributed by atoms with Crippen LogP contribution in [0.3, 0.4) is 0 Å². The number of carbonyl (C=O) groups excluding carboxylic acids is 1. The molecule has 1 aromatic carbocycles. The van der Waals surface area contributed by atoms with Gasteiger partial charge in [-0.05, 0) is 29.8 Å². The predicted molar refractivity (Wildman–Crippen MR) is 122 cm³/mol. The van der Waals surface area contributed by atoms with Gasteiger partial charge in [0.05, 0.1) is 30.9 Å². The van der Waals surface area contributed by atoms with E-state index < -0.39 is 15.9 Å². The summed E-state index contributed by atoms with van der Waals surface area (Å²) in [6.07, 6.45) is 4.38. The molecule has 0 bridgehead atoms. The summed E-state index contributed by atoms with van der Waals surface area (Å²) in [4.78, 5) is 30.7. The molecule has 2 aliphatic heterocycles. The third-order valence-electron chi connectivity index (χ3n) is 5.70. The van der Waals surface area contributed by atoms with Crippen LogP contribution in [-0.2, 0) is 25.9 Å². The summed E-state index contributed by atoms with van der Waals surface area (Å²) >= 11 is 0. The Hall–Kier alpha value is -3.57. The van der Waals surface area contributed by atoms with Crippen molar-refractivity contribution in [3.8, 4) is 11.5 Å². The number of fused-ring (bicyclic) bond motifs is 3. The van der Waals surface area contributed by atoms with Gasteiger partial charge in [-0.25, -0.2) is 18.4 Å². The van der Waals surface area contributed by atoms with Gasteiger partial charge >= 0.3 is 0 Å². The van der Waals surface area contributed by atoms with Crippen LogP contribution in [0.25, 0.3) is 11.5 Å². The van der Waals surface area contributed by atoms with Gasteiger partial charge in [0.25, 0.3) is 5.91 Å². The van der Waals surface area contributed by atoms with Crippen LogP contribution in [0.15, 0.2) is 53.7 Å². The van der Waals surface area contributed by atoms with Crippen molar-refractivity contribution < 1.29 is 17.9 Å². The van der Waals surface area contributed by atoms with Gasteiger partial charge < -0.3 is 20.3 Å². The average molecular weight is 467 g/mol. The number of carbonyl (C=O) groups is 1. The molecule has 0 radical (unpaired) electrons. The monoisotopic (exact) mass is 466 g/mol. The first-order chi connectivity index (χ1) is 15.8. The number of rotatable bonds is 4. The highest BCUT2D eigenvalue weighted by atomic mass is 32.2. The molecule has 170 valence electrons. The van der Waals surface area contributed by atoms with Gasteiger partial charge in [-0.3, -0.25) is 9.78 Å². The quantitative estimate of drug-likeness (QED) is 0.604. The first-order valence-electron chi connectivity index (χ1n) is 10.3. The molecule has 0 aliphatic carbocycles. The van der Waals surface area contributed by atoms with Crippen molar-refractivity contribution in [2.24, 2.45) is 0 Å². The molecule has 1 atom stereocenters. The Morgan fingerprint density at radius 2 is 1.97 bits per heavy atom. The van der Waals surface area contributed by atoms with E-state index in [0.717, 1.165) is 11.8 Å².